The van der Waals surface area contributed by atoms with Crippen LogP contribution in [0.3, 0.4) is 0 Å². The molecule has 0 aliphatic heterocycles. The van der Waals surface area contributed by atoms with Gasteiger partial charge in [0.1, 0.15) is 11.6 Å². The zero-order chi connectivity index (χ0) is 26.3. The van der Waals surface area contributed by atoms with Crippen molar-refractivity contribution in [3.63, 3.8) is 0 Å². The molecule has 0 saturated carbocycles. The summed E-state index contributed by atoms with van der Waals surface area (Å²) in [5.74, 6) is -0.289. The number of aromatic nitrogens is 2. The molecule has 35 heavy (non-hydrogen) atoms. The van der Waals surface area contributed by atoms with Gasteiger partial charge in [0.25, 0.3) is 11.5 Å². The first-order valence-corrected chi connectivity index (χ1v) is 11.9. The van der Waals surface area contributed by atoms with Crippen LogP contribution < -0.4 is 26.6 Å². The number of aromatic amines is 1. The predicted molar refractivity (Wildman–Crippen MR) is 137 cm³/mol. The molecule has 0 unspecified atom stereocenters. The number of hydrogen-bond acceptors (Lipinski definition) is 6. The minimum atomic E-state index is -0.768. The summed E-state index contributed by atoms with van der Waals surface area (Å²) in [7, 11) is 1.51. The minimum absolute atomic E-state index is 0.00552. The van der Waals surface area contributed by atoms with Gasteiger partial charge in [0.15, 0.2) is 11.8 Å². The second-order valence-corrected chi connectivity index (χ2v) is 9.42. The van der Waals surface area contributed by atoms with Crippen LogP contribution in [0.2, 0.25) is 0 Å². The van der Waals surface area contributed by atoms with E-state index in [-0.39, 0.29) is 48.9 Å². The molecular weight excluding hydrogens is 450 g/mol. The number of H-pyrrole nitrogens is 1. The van der Waals surface area contributed by atoms with E-state index in [0.29, 0.717) is 12.2 Å². The van der Waals surface area contributed by atoms with Crippen molar-refractivity contribution in [2.75, 3.05) is 30.8 Å². The zero-order valence-electron chi connectivity index (χ0n) is 21.4. The number of amides is 2. The average molecular weight is 488 g/mol. The Balaban J connectivity index is 2.33. The first-order valence-electron chi connectivity index (χ1n) is 11.9. The zero-order valence-corrected chi connectivity index (χ0v) is 21.4. The topological polar surface area (TPSA) is 131 Å². The molecule has 10 heteroatoms. The normalized spacial score (nSPS) is 12.0. The van der Waals surface area contributed by atoms with E-state index < -0.39 is 23.3 Å². The summed E-state index contributed by atoms with van der Waals surface area (Å²) in [6.45, 7) is 9.62. The summed E-state index contributed by atoms with van der Waals surface area (Å²) < 4.78 is 7.07. The Labute approximate surface area is 205 Å². The van der Waals surface area contributed by atoms with Gasteiger partial charge in [-0.05, 0) is 30.4 Å². The summed E-state index contributed by atoms with van der Waals surface area (Å²) in [5.41, 5.74) is 4.79. The van der Waals surface area contributed by atoms with Crippen LogP contribution in [0, 0.1) is 11.8 Å². The number of para-hydroxylation sites is 1. The molecule has 0 aliphatic rings. The van der Waals surface area contributed by atoms with Crippen LogP contribution >= 0.6 is 0 Å². The lowest BCUT2D eigenvalue weighted by molar-refractivity contribution is -0.140. The Bertz CT molecular complexity index is 1120. The van der Waals surface area contributed by atoms with Crippen molar-refractivity contribution in [2.24, 2.45) is 11.8 Å². The molecule has 2 aromatic rings. The maximum atomic E-state index is 13.4. The lowest BCUT2D eigenvalue weighted by Gasteiger charge is -2.29. The molecule has 0 saturated heterocycles. The number of hydrogen-bond donors (Lipinski definition) is 2. The van der Waals surface area contributed by atoms with Crippen molar-refractivity contribution in [1.82, 2.24) is 14.5 Å². The van der Waals surface area contributed by atoms with Gasteiger partial charge in [-0.2, -0.15) is 0 Å². The van der Waals surface area contributed by atoms with Crippen molar-refractivity contribution in [2.45, 2.75) is 53.7 Å². The fraction of sp³-hybridized carbons (Fsp3) is 0.520. The van der Waals surface area contributed by atoms with E-state index in [1.54, 1.807) is 12.1 Å². The largest absolute Gasteiger partial charge is 0.481 e. The van der Waals surface area contributed by atoms with Crippen LogP contribution in [0.5, 0.6) is 5.75 Å². The van der Waals surface area contributed by atoms with E-state index in [1.807, 2.05) is 52.8 Å². The third-order valence-electron chi connectivity index (χ3n) is 5.30. The van der Waals surface area contributed by atoms with Gasteiger partial charge in [-0.3, -0.25) is 23.9 Å². The van der Waals surface area contributed by atoms with Crippen LogP contribution in [0.1, 0.15) is 41.0 Å². The van der Waals surface area contributed by atoms with Gasteiger partial charge in [-0.25, -0.2) is 4.79 Å². The van der Waals surface area contributed by atoms with E-state index in [9.17, 15) is 19.2 Å². The lowest BCUT2D eigenvalue weighted by Crippen LogP contribution is -2.49. The van der Waals surface area contributed by atoms with Crippen molar-refractivity contribution in [3.8, 4) is 5.75 Å². The molecule has 1 atom stereocenters. The molecule has 1 aromatic heterocycles. The predicted octanol–water partition coefficient (Wildman–Crippen LogP) is 2.08. The molecule has 0 spiro atoms. The number of carbonyl (C=O) groups excluding carboxylic acids is 2. The third-order valence-corrected chi connectivity index (χ3v) is 5.30. The number of carbonyl (C=O) groups is 2. The number of nitrogens with zero attached hydrogens (tertiary/aromatic N) is 3. The number of benzene rings is 1. The van der Waals surface area contributed by atoms with Crippen LogP contribution in [0.4, 0.5) is 11.5 Å². The number of rotatable bonds is 11. The molecule has 1 heterocycles. The van der Waals surface area contributed by atoms with Crippen molar-refractivity contribution in [1.29, 1.82) is 0 Å². The third kappa shape index (κ3) is 7.21. The minimum Gasteiger partial charge on any atom is -0.481 e. The summed E-state index contributed by atoms with van der Waals surface area (Å²) in [5, 5.41) is 0. The average Bonchev–Trinajstić information content (AvgIpc) is 2.79. The Kier molecular flexibility index (Phi) is 9.68. The Hall–Kier alpha value is -3.56. The van der Waals surface area contributed by atoms with E-state index >= 15 is 0 Å². The van der Waals surface area contributed by atoms with E-state index in [2.05, 4.69) is 4.98 Å². The molecule has 2 amide bonds. The van der Waals surface area contributed by atoms with E-state index in [0.717, 1.165) is 0 Å². The van der Waals surface area contributed by atoms with Crippen molar-refractivity contribution in [3.05, 3.63) is 51.2 Å². The van der Waals surface area contributed by atoms with Gasteiger partial charge < -0.3 is 20.3 Å². The molecule has 2 rings (SSSR count). The lowest BCUT2D eigenvalue weighted by atomic mass is 10.2. The first kappa shape index (κ1) is 27.7. The van der Waals surface area contributed by atoms with Crippen molar-refractivity contribution >= 4 is 23.3 Å². The van der Waals surface area contributed by atoms with Gasteiger partial charge in [0.05, 0.1) is 6.54 Å². The Morgan fingerprint density at radius 3 is 2.26 bits per heavy atom. The first-order chi connectivity index (χ1) is 16.5. The van der Waals surface area contributed by atoms with Crippen LogP contribution in [0.15, 0.2) is 39.9 Å². The van der Waals surface area contributed by atoms with Gasteiger partial charge in [-0.15, -0.1) is 0 Å². The summed E-state index contributed by atoms with van der Waals surface area (Å²) in [6.07, 6.45) is -0.357. The van der Waals surface area contributed by atoms with E-state index in [1.165, 1.54) is 21.4 Å². The monoisotopic (exact) mass is 487 g/mol. The Morgan fingerprint density at radius 1 is 1.09 bits per heavy atom. The molecule has 1 aromatic carbocycles. The number of nitrogens with one attached hydrogen (secondary N) is 1. The molecule has 10 nitrogen and oxygen atoms in total. The SMILES string of the molecule is CC[C@H](Oc1ccccc1)C(=O)N(C)CC(=O)N(CC(C)C)c1c(N)n(CC(C)C)c(=O)[nH]c1=O. The number of likely N-dealkylation sites (N-methyl/N-ethyl adjacent to an activating group) is 1. The Morgan fingerprint density at radius 2 is 1.71 bits per heavy atom. The molecule has 0 fully saturated rings. The summed E-state index contributed by atoms with van der Waals surface area (Å²) in [6, 6.07) is 8.98. The van der Waals surface area contributed by atoms with Crippen LogP contribution in [-0.4, -0.2) is 52.5 Å². The number of ether oxygens (including phenoxy) is 1. The summed E-state index contributed by atoms with van der Waals surface area (Å²) in [4.78, 5) is 56.3. The summed E-state index contributed by atoms with van der Waals surface area (Å²) >= 11 is 0. The molecule has 3 N–H and O–H groups in total. The van der Waals surface area contributed by atoms with Gasteiger partial charge >= 0.3 is 5.69 Å². The maximum absolute atomic E-state index is 13.4. The van der Waals surface area contributed by atoms with Crippen LogP contribution in [0.25, 0.3) is 0 Å². The van der Waals surface area contributed by atoms with Crippen LogP contribution in [-0.2, 0) is 16.1 Å². The second kappa shape index (κ2) is 12.2. The maximum Gasteiger partial charge on any atom is 0.330 e. The highest BCUT2D eigenvalue weighted by Crippen LogP contribution is 2.20. The molecule has 192 valence electrons. The highest BCUT2D eigenvalue weighted by molar-refractivity contribution is 5.98. The molecule has 0 aliphatic carbocycles. The standard InChI is InChI=1S/C25H37N5O5/c1-7-19(35-18-11-9-8-10-12-18)24(33)28(6)15-20(31)29(13-16(2)3)21-22(26)30(14-17(4)5)25(34)27-23(21)32/h8-12,16-17,19H,7,13-15,26H2,1-6H3,(H,27,32,34)/t19-/m0/s1. The second-order valence-electron chi connectivity index (χ2n) is 9.42. The van der Waals surface area contributed by atoms with Gasteiger partial charge in [0, 0.05) is 20.1 Å². The van der Waals surface area contributed by atoms with Gasteiger partial charge in [-0.1, -0.05) is 52.8 Å². The van der Waals surface area contributed by atoms with E-state index in [4.69, 9.17) is 10.5 Å². The molecule has 0 bridgehead atoms. The quantitative estimate of drug-likeness (QED) is 0.499. The highest BCUT2D eigenvalue weighted by Gasteiger charge is 2.29. The number of nitrogens with two attached hydrogens (primary N) is 1. The van der Waals surface area contributed by atoms with Gasteiger partial charge in [0.2, 0.25) is 5.91 Å². The number of anilines is 2. The molecule has 0 radical (unpaired) electrons. The number of nitrogen functional groups attached to an aromatic ring is 1. The highest BCUT2D eigenvalue weighted by atomic mass is 16.5. The smallest absolute Gasteiger partial charge is 0.330 e. The fourth-order valence-corrected chi connectivity index (χ4v) is 3.65. The fourth-order valence-electron chi connectivity index (χ4n) is 3.65. The molecular formula is C25H37N5O5. The van der Waals surface area contributed by atoms with Crippen molar-refractivity contribution < 1.29 is 14.3 Å².